The Morgan fingerprint density at radius 2 is 1.50 bits per heavy atom. The molecular weight excluding hydrogens is 170 g/mol. The summed E-state index contributed by atoms with van der Waals surface area (Å²) < 4.78 is 0. The van der Waals surface area contributed by atoms with Gasteiger partial charge in [0.1, 0.15) is 0 Å². The molecule has 0 heterocycles. The summed E-state index contributed by atoms with van der Waals surface area (Å²) in [7, 11) is 0. The van der Waals surface area contributed by atoms with E-state index in [2.05, 4.69) is 39.5 Å². The summed E-state index contributed by atoms with van der Waals surface area (Å²) in [6.07, 6.45) is 3.91. The largest absolute Gasteiger partial charge is 0.298 e. The first-order valence-corrected chi connectivity index (χ1v) is 6.39. The van der Waals surface area contributed by atoms with Crippen LogP contribution in [0.5, 0.6) is 0 Å². The smallest absolute Gasteiger partial charge is 0.00670 e. The molecule has 0 aromatic rings. The molecule has 0 rings (SSSR count). The van der Waals surface area contributed by atoms with Crippen molar-refractivity contribution in [1.29, 1.82) is 0 Å². The number of hydrogen-bond acceptors (Lipinski definition) is 1. The van der Waals surface area contributed by atoms with Gasteiger partial charge in [0.2, 0.25) is 0 Å². The SMILES string of the molecule is CC.CCCCN(C(C)C)C(C)CC. The van der Waals surface area contributed by atoms with Gasteiger partial charge in [-0.1, -0.05) is 34.1 Å². The molecule has 0 amide bonds. The van der Waals surface area contributed by atoms with Crippen LogP contribution in [-0.4, -0.2) is 23.5 Å². The van der Waals surface area contributed by atoms with E-state index in [1.54, 1.807) is 0 Å². The van der Waals surface area contributed by atoms with Crippen LogP contribution in [0.25, 0.3) is 0 Å². The zero-order chi connectivity index (χ0) is 11.6. The quantitative estimate of drug-likeness (QED) is 0.618. The van der Waals surface area contributed by atoms with Gasteiger partial charge in [0.05, 0.1) is 0 Å². The lowest BCUT2D eigenvalue weighted by molar-refractivity contribution is 0.157. The van der Waals surface area contributed by atoms with Gasteiger partial charge in [-0.05, 0) is 40.2 Å². The second-order valence-electron chi connectivity index (χ2n) is 3.94. The minimum absolute atomic E-state index is 0.700. The second kappa shape index (κ2) is 11.0. The summed E-state index contributed by atoms with van der Waals surface area (Å²) in [6, 6.07) is 1.45. The molecule has 0 bridgehead atoms. The van der Waals surface area contributed by atoms with E-state index in [-0.39, 0.29) is 0 Å². The highest BCUT2D eigenvalue weighted by Gasteiger charge is 2.13. The van der Waals surface area contributed by atoms with Gasteiger partial charge >= 0.3 is 0 Å². The third-order valence-electron chi connectivity index (χ3n) is 2.59. The minimum Gasteiger partial charge on any atom is -0.298 e. The van der Waals surface area contributed by atoms with Crippen LogP contribution >= 0.6 is 0 Å². The molecule has 1 heteroatoms. The zero-order valence-corrected chi connectivity index (χ0v) is 11.4. The van der Waals surface area contributed by atoms with E-state index < -0.39 is 0 Å². The number of hydrogen-bond donors (Lipinski definition) is 0. The first-order valence-electron chi connectivity index (χ1n) is 6.39. The predicted octanol–water partition coefficient (Wildman–Crippen LogP) is 4.32. The van der Waals surface area contributed by atoms with Gasteiger partial charge in [-0.2, -0.15) is 0 Å². The Bertz CT molecular complexity index is 99.4. The van der Waals surface area contributed by atoms with Crippen molar-refractivity contribution in [2.45, 2.75) is 79.8 Å². The summed E-state index contributed by atoms with van der Waals surface area (Å²) in [5.41, 5.74) is 0. The summed E-state index contributed by atoms with van der Waals surface area (Å²) in [4.78, 5) is 2.60. The first-order chi connectivity index (χ1) is 6.63. The lowest BCUT2D eigenvalue weighted by Crippen LogP contribution is -2.38. The van der Waals surface area contributed by atoms with Crippen molar-refractivity contribution in [1.82, 2.24) is 4.90 Å². The van der Waals surface area contributed by atoms with Crippen LogP contribution in [-0.2, 0) is 0 Å². The van der Waals surface area contributed by atoms with Crippen LogP contribution in [0.3, 0.4) is 0 Å². The lowest BCUT2D eigenvalue weighted by atomic mass is 10.1. The maximum Gasteiger partial charge on any atom is 0.00670 e. The van der Waals surface area contributed by atoms with Gasteiger partial charge in [0.15, 0.2) is 0 Å². The van der Waals surface area contributed by atoms with Gasteiger partial charge in [0.25, 0.3) is 0 Å². The molecule has 14 heavy (non-hydrogen) atoms. The lowest BCUT2D eigenvalue weighted by Gasteiger charge is -2.32. The third-order valence-corrected chi connectivity index (χ3v) is 2.59. The summed E-state index contributed by atoms with van der Waals surface area (Å²) in [5.74, 6) is 0. The van der Waals surface area contributed by atoms with Crippen LogP contribution in [0, 0.1) is 0 Å². The molecule has 0 saturated heterocycles. The molecule has 1 unspecified atom stereocenters. The molecule has 0 aliphatic carbocycles. The Labute approximate surface area is 91.9 Å². The Kier molecular flexibility index (Phi) is 12.9. The molecule has 0 spiro atoms. The van der Waals surface area contributed by atoms with Gasteiger partial charge in [0, 0.05) is 12.1 Å². The Morgan fingerprint density at radius 1 is 1.00 bits per heavy atom. The maximum absolute atomic E-state index is 2.60. The van der Waals surface area contributed by atoms with Crippen molar-refractivity contribution < 1.29 is 0 Å². The Hall–Kier alpha value is -0.0400. The van der Waals surface area contributed by atoms with E-state index in [1.807, 2.05) is 13.8 Å². The molecule has 0 aliphatic rings. The Morgan fingerprint density at radius 3 is 1.79 bits per heavy atom. The molecule has 0 radical (unpaired) electrons. The van der Waals surface area contributed by atoms with Gasteiger partial charge < -0.3 is 0 Å². The van der Waals surface area contributed by atoms with E-state index in [9.17, 15) is 0 Å². The molecule has 0 N–H and O–H groups in total. The Balaban J connectivity index is 0. The van der Waals surface area contributed by atoms with E-state index >= 15 is 0 Å². The molecule has 1 atom stereocenters. The van der Waals surface area contributed by atoms with E-state index in [1.165, 1.54) is 25.8 Å². The van der Waals surface area contributed by atoms with Crippen LogP contribution < -0.4 is 0 Å². The highest BCUT2D eigenvalue weighted by Crippen LogP contribution is 2.09. The molecule has 0 aliphatic heterocycles. The van der Waals surface area contributed by atoms with E-state index in [4.69, 9.17) is 0 Å². The van der Waals surface area contributed by atoms with Gasteiger partial charge in [-0.3, -0.25) is 4.90 Å². The number of rotatable bonds is 6. The second-order valence-corrected chi connectivity index (χ2v) is 3.94. The molecule has 0 aromatic heterocycles. The highest BCUT2D eigenvalue weighted by molar-refractivity contribution is 4.69. The van der Waals surface area contributed by atoms with Gasteiger partial charge in [-0.25, -0.2) is 0 Å². The fourth-order valence-electron chi connectivity index (χ4n) is 1.56. The summed E-state index contributed by atoms with van der Waals surface area (Å²) in [5, 5.41) is 0. The molecule has 0 aromatic carbocycles. The molecule has 0 saturated carbocycles. The van der Waals surface area contributed by atoms with Crippen molar-refractivity contribution >= 4 is 0 Å². The van der Waals surface area contributed by atoms with Crippen molar-refractivity contribution in [3.63, 3.8) is 0 Å². The number of nitrogens with zero attached hydrogens (tertiary/aromatic N) is 1. The summed E-state index contributed by atoms with van der Waals surface area (Å²) in [6.45, 7) is 16.7. The minimum atomic E-state index is 0.700. The molecule has 1 nitrogen and oxygen atoms in total. The topological polar surface area (TPSA) is 3.24 Å². The summed E-state index contributed by atoms with van der Waals surface area (Å²) >= 11 is 0. The standard InChI is InChI=1S/C11H25N.C2H6/c1-6-8-9-12(10(3)4)11(5)7-2;1-2/h10-11H,6-9H2,1-5H3;1-2H3. The van der Waals surface area contributed by atoms with E-state index in [0.717, 1.165) is 6.04 Å². The van der Waals surface area contributed by atoms with E-state index in [0.29, 0.717) is 6.04 Å². The van der Waals surface area contributed by atoms with Crippen LogP contribution in [0.2, 0.25) is 0 Å². The van der Waals surface area contributed by atoms with Crippen molar-refractivity contribution in [3.05, 3.63) is 0 Å². The monoisotopic (exact) mass is 201 g/mol. The van der Waals surface area contributed by atoms with Crippen molar-refractivity contribution in [2.24, 2.45) is 0 Å². The van der Waals surface area contributed by atoms with Crippen LogP contribution in [0.15, 0.2) is 0 Å². The zero-order valence-electron chi connectivity index (χ0n) is 11.4. The first kappa shape index (κ1) is 16.4. The maximum atomic E-state index is 2.60. The average molecular weight is 201 g/mol. The predicted molar refractivity (Wildman–Crippen MR) is 67.9 cm³/mol. The van der Waals surface area contributed by atoms with Crippen LogP contribution in [0.4, 0.5) is 0 Å². The normalized spacial score (nSPS) is 12.6. The highest BCUT2D eigenvalue weighted by atomic mass is 15.2. The third kappa shape index (κ3) is 7.37. The van der Waals surface area contributed by atoms with Crippen LogP contribution in [0.1, 0.15) is 67.7 Å². The fraction of sp³-hybridized carbons (Fsp3) is 1.00. The average Bonchev–Trinajstić information content (AvgIpc) is 2.20. The fourth-order valence-corrected chi connectivity index (χ4v) is 1.56. The number of unbranched alkanes of at least 4 members (excludes halogenated alkanes) is 1. The molecule has 0 fully saturated rings. The van der Waals surface area contributed by atoms with Crippen molar-refractivity contribution in [3.8, 4) is 0 Å². The van der Waals surface area contributed by atoms with Crippen molar-refractivity contribution in [2.75, 3.05) is 6.54 Å². The van der Waals surface area contributed by atoms with Gasteiger partial charge in [-0.15, -0.1) is 0 Å². The molecule has 88 valence electrons. The molecular formula is C13H31N.